The molecule has 26 heavy (non-hydrogen) atoms. The van der Waals surface area contributed by atoms with Crippen molar-refractivity contribution in [2.24, 2.45) is 0 Å². The summed E-state index contributed by atoms with van der Waals surface area (Å²) in [6, 6.07) is 13.6. The predicted octanol–water partition coefficient (Wildman–Crippen LogP) is 5.42. The molecule has 1 aliphatic rings. The quantitative estimate of drug-likeness (QED) is 0.721. The first-order valence-electron chi connectivity index (χ1n) is 8.51. The van der Waals surface area contributed by atoms with Crippen LogP contribution in [0.15, 0.2) is 59.7 Å². The molecule has 0 fully saturated rings. The normalized spacial score (nSPS) is 15.0. The molecular weight excluding hydrogens is 346 g/mol. The van der Waals surface area contributed by atoms with Gasteiger partial charge in [-0.05, 0) is 61.2 Å². The molecule has 0 atom stereocenters. The average molecular weight is 368 g/mol. The van der Waals surface area contributed by atoms with Gasteiger partial charge in [0, 0.05) is 22.3 Å². The standard InChI is InChI=1S/C22H22ClNO2/c1-14-5-10-20(12-21(14)26-4)24-13-18(16(3)22(24)25)11-15(2)17-6-8-19(23)9-7-17/h5-12H,13H2,1-4H3/b15-11+. The van der Waals surface area contributed by atoms with Gasteiger partial charge in [0.25, 0.3) is 5.91 Å². The number of anilines is 1. The third-order valence-corrected chi connectivity index (χ3v) is 5.02. The summed E-state index contributed by atoms with van der Waals surface area (Å²) in [5.74, 6) is 0.820. The van der Waals surface area contributed by atoms with Crippen LogP contribution < -0.4 is 9.64 Å². The van der Waals surface area contributed by atoms with Crippen molar-refractivity contribution in [1.29, 1.82) is 0 Å². The summed E-state index contributed by atoms with van der Waals surface area (Å²) in [5, 5.41) is 0.715. The van der Waals surface area contributed by atoms with Crippen molar-refractivity contribution in [2.75, 3.05) is 18.6 Å². The van der Waals surface area contributed by atoms with E-state index in [0.717, 1.165) is 39.3 Å². The van der Waals surface area contributed by atoms with E-state index < -0.39 is 0 Å². The molecule has 0 N–H and O–H groups in total. The van der Waals surface area contributed by atoms with Crippen LogP contribution in [0.5, 0.6) is 5.75 Å². The summed E-state index contributed by atoms with van der Waals surface area (Å²) in [6.45, 7) is 6.48. The lowest BCUT2D eigenvalue weighted by molar-refractivity contribution is -0.114. The van der Waals surface area contributed by atoms with Crippen molar-refractivity contribution in [3.05, 3.63) is 75.8 Å². The van der Waals surface area contributed by atoms with Crippen LogP contribution >= 0.6 is 11.6 Å². The highest BCUT2D eigenvalue weighted by molar-refractivity contribution is 6.30. The molecular formula is C22H22ClNO2. The molecule has 3 rings (SSSR count). The Kier molecular flexibility index (Phi) is 5.19. The van der Waals surface area contributed by atoms with Gasteiger partial charge in [-0.25, -0.2) is 0 Å². The summed E-state index contributed by atoms with van der Waals surface area (Å²) in [6.07, 6.45) is 2.09. The van der Waals surface area contributed by atoms with Crippen LogP contribution in [0.25, 0.3) is 5.57 Å². The highest BCUT2D eigenvalue weighted by Crippen LogP contribution is 2.31. The molecule has 2 aromatic carbocycles. The Morgan fingerprint density at radius 2 is 1.85 bits per heavy atom. The lowest BCUT2D eigenvalue weighted by Gasteiger charge is -2.18. The molecule has 1 aliphatic heterocycles. The van der Waals surface area contributed by atoms with Gasteiger partial charge in [-0.2, -0.15) is 0 Å². The number of aryl methyl sites for hydroxylation is 1. The van der Waals surface area contributed by atoms with Gasteiger partial charge in [0.1, 0.15) is 5.75 Å². The van der Waals surface area contributed by atoms with Crippen molar-refractivity contribution in [3.8, 4) is 5.75 Å². The number of nitrogens with zero attached hydrogens (tertiary/aromatic N) is 1. The van der Waals surface area contributed by atoms with Gasteiger partial charge in [0.2, 0.25) is 0 Å². The average Bonchev–Trinajstić information content (AvgIpc) is 2.91. The summed E-state index contributed by atoms with van der Waals surface area (Å²) >= 11 is 5.96. The van der Waals surface area contributed by atoms with Crippen LogP contribution in [0.4, 0.5) is 5.69 Å². The summed E-state index contributed by atoms with van der Waals surface area (Å²) in [4.78, 5) is 14.5. The van der Waals surface area contributed by atoms with Crippen LogP contribution in [0, 0.1) is 6.92 Å². The lowest BCUT2D eigenvalue weighted by Crippen LogP contribution is -2.26. The maximum atomic E-state index is 12.7. The van der Waals surface area contributed by atoms with E-state index in [4.69, 9.17) is 16.3 Å². The van der Waals surface area contributed by atoms with Gasteiger partial charge in [-0.15, -0.1) is 0 Å². The van der Waals surface area contributed by atoms with E-state index >= 15 is 0 Å². The van der Waals surface area contributed by atoms with Crippen LogP contribution in [0.1, 0.15) is 25.0 Å². The number of allylic oxidation sites excluding steroid dienone is 1. The number of benzene rings is 2. The van der Waals surface area contributed by atoms with Crippen molar-refractivity contribution in [1.82, 2.24) is 0 Å². The zero-order valence-electron chi connectivity index (χ0n) is 15.5. The Morgan fingerprint density at radius 1 is 1.15 bits per heavy atom. The zero-order valence-corrected chi connectivity index (χ0v) is 16.2. The maximum absolute atomic E-state index is 12.7. The van der Waals surface area contributed by atoms with E-state index in [-0.39, 0.29) is 5.91 Å². The largest absolute Gasteiger partial charge is 0.496 e. The lowest BCUT2D eigenvalue weighted by atomic mass is 10.0. The fraction of sp³-hybridized carbons (Fsp3) is 0.227. The van der Waals surface area contributed by atoms with Crippen LogP contribution in [-0.4, -0.2) is 19.6 Å². The van der Waals surface area contributed by atoms with E-state index in [1.165, 1.54) is 0 Å². The van der Waals surface area contributed by atoms with E-state index in [2.05, 4.69) is 6.08 Å². The molecule has 0 aliphatic carbocycles. The summed E-state index contributed by atoms with van der Waals surface area (Å²) in [5.41, 5.74) is 5.90. The van der Waals surface area contributed by atoms with Crippen molar-refractivity contribution >= 4 is 28.8 Å². The second-order valence-electron chi connectivity index (χ2n) is 6.53. The molecule has 0 saturated carbocycles. The molecule has 0 radical (unpaired) electrons. The van der Waals surface area contributed by atoms with Gasteiger partial charge in [0.05, 0.1) is 13.7 Å². The fourth-order valence-electron chi connectivity index (χ4n) is 3.10. The Balaban J connectivity index is 1.88. The van der Waals surface area contributed by atoms with Crippen LogP contribution in [0.2, 0.25) is 5.02 Å². The third-order valence-electron chi connectivity index (χ3n) is 4.77. The summed E-state index contributed by atoms with van der Waals surface area (Å²) in [7, 11) is 1.64. The van der Waals surface area contributed by atoms with Crippen molar-refractivity contribution in [3.63, 3.8) is 0 Å². The Labute approximate surface area is 159 Å². The number of rotatable bonds is 4. The smallest absolute Gasteiger partial charge is 0.254 e. The molecule has 1 heterocycles. The molecule has 134 valence electrons. The maximum Gasteiger partial charge on any atom is 0.254 e. The molecule has 3 nitrogen and oxygen atoms in total. The Hall–Kier alpha value is -2.52. The predicted molar refractivity (Wildman–Crippen MR) is 108 cm³/mol. The second kappa shape index (κ2) is 7.38. The molecule has 0 spiro atoms. The van der Waals surface area contributed by atoms with Gasteiger partial charge < -0.3 is 9.64 Å². The number of halogens is 1. The summed E-state index contributed by atoms with van der Waals surface area (Å²) < 4.78 is 5.39. The van der Waals surface area contributed by atoms with Gasteiger partial charge in [0.15, 0.2) is 0 Å². The van der Waals surface area contributed by atoms with E-state index in [1.807, 2.05) is 63.2 Å². The Morgan fingerprint density at radius 3 is 2.50 bits per heavy atom. The second-order valence-corrected chi connectivity index (χ2v) is 6.97. The van der Waals surface area contributed by atoms with Gasteiger partial charge in [-0.3, -0.25) is 4.79 Å². The number of hydrogen-bond acceptors (Lipinski definition) is 2. The number of hydrogen-bond donors (Lipinski definition) is 0. The van der Waals surface area contributed by atoms with E-state index in [1.54, 1.807) is 12.0 Å². The molecule has 0 aromatic heterocycles. The molecule has 1 amide bonds. The molecule has 0 unspecified atom stereocenters. The molecule has 0 saturated heterocycles. The first-order valence-corrected chi connectivity index (χ1v) is 8.89. The first-order chi connectivity index (χ1) is 12.4. The van der Waals surface area contributed by atoms with Gasteiger partial charge >= 0.3 is 0 Å². The van der Waals surface area contributed by atoms with Crippen LogP contribution in [-0.2, 0) is 4.79 Å². The molecule has 2 aromatic rings. The van der Waals surface area contributed by atoms with Gasteiger partial charge in [-0.1, -0.05) is 35.9 Å². The topological polar surface area (TPSA) is 29.5 Å². The number of carbonyl (C=O) groups is 1. The van der Waals surface area contributed by atoms with E-state index in [0.29, 0.717) is 11.6 Å². The first kappa shape index (κ1) is 18.3. The molecule has 0 bridgehead atoms. The monoisotopic (exact) mass is 367 g/mol. The Bertz CT molecular complexity index is 910. The van der Waals surface area contributed by atoms with Crippen LogP contribution in [0.3, 0.4) is 0 Å². The fourth-order valence-corrected chi connectivity index (χ4v) is 3.22. The van der Waals surface area contributed by atoms with E-state index in [9.17, 15) is 4.79 Å². The number of ether oxygens (including phenoxy) is 1. The number of carbonyl (C=O) groups excluding carboxylic acids is 1. The highest BCUT2D eigenvalue weighted by atomic mass is 35.5. The van der Waals surface area contributed by atoms with Crippen molar-refractivity contribution < 1.29 is 9.53 Å². The number of amides is 1. The minimum atomic E-state index is 0.0334. The van der Waals surface area contributed by atoms with Crippen molar-refractivity contribution in [2.45, 2.75) is 20.8 Å². The SMILES string of the molecule is COc1cc(N2CC(/C=C(\C)c3ccc(Cl)cc3)=C(C)C2=O)ccc1C. The minimum absolute atomic E-state index is 0.0334. The third kappa shape index (κ3) is 3.54. The number of methoxy groups -OCH3 is 1. The minimum Gasteiger partial charge on any atom is -0.496 e. The molecule has 4 heteroatoms. The highest BCUT2D eigenvalue weighted by Gasteiger charge is 2.28. The zero-order chi connectivity index (χ0) is 18.8.